The molecule has 0 fully saturated rings. The molecule has 0 saturated carbocycles. The van der Waals surface area contributed by atoms with Crippen LogP contribution >= 0.6 is 0 Å². The maximum Gasteiger partial charge on any atom is 4.00 e. The number of hydrogen-bond donors (Lipinski definition) is 0. The summed E-state index contributed by atoms with van der Waals surface area (Å²) < 4.78 is 17.7. The molecule has 0 saturated heterocycles. The van der Waals surface area contributed by atoms with Crippen LogP contribution in [0.25, 0.3) is 0 Å². The fourth-order valence-corrected chi connectivity index (χ4v) is 12.6. The van der Waals surface area contributed by atoms with Gasteiger partial charge in [-0.25, -0.2) is 0 Å². The second-order valence-corrected chi connectivity index (χ2v) is 13.6. The molecule has 0 amide bonds. The van der Waals surface area contributed by atoms with E-state index in [0.29, 0.717) is 0 Å². The van der Waals surface area contributed by atoms with Crippen molar-refractivity contribution >= 4 is 28.8 Å². The summed E-state index contributed by atoms with van der Waals surface area (Å²) >= 11 is 0. The fraction of sp³-hybridized carbons (Fsp3) is 0.303. The molecule has 0 aliphatic rings. The summed E-state index contributed by atoms with van der Waals surface area (Å²) in [6, 6.07) is 19.6. The van der Waals surface area contributed by atoms with E-state index in [4.69, 9.17) is 14.2 Å². The average molecular weight is 666 g/mol. The van der Waals surface area contributed by atoms with Gasteiger partial charge in [0.05, 0.1) is 21.3 Å². The van der Waals surface area contributed by atoms with Gasteiger partial charge in [-0.3, -0.25) is 0 Å². The van der Waals surface area contributed by atoms with Crippen molar-refractivity contribution in [1.29, 1.82) is 0 Å². The Labute approximate surface area is 280 Å². The van der Waals surface area contributed by atoms with Crippen LogP contribution in [0.3, 0.4) is 0 Å². The molecule has 41 heavy (non-hydrogen) atoms. The minimum atomic E-state index is -2.92. The van der Waals surface area contributed by atoms with Crippen molar-refractivity contribution in [1.82, 2.24) is 0 Å². The van der Waals surface area contributed by atoms with E-state index in [1.165, 1.54) is 59.7 Å². The smallest absolute Gasteiger partial charge is 1.00 e. The Morgan fingerprint density at radius 1 is 0.512 bits per heavy atom. The van der Waals surface area contributed by atoms with E-state index in [1.807, 2.05) is 0 Å². The summed E-state index contributed by atoms with van der Waals surface area (Å²) in [7, 11) is 2.36. The fourth-order valence-electron chi connectivity index (χ4n) is 6.35. The average Bonchev–Trinajstić information content (AvgIpc) is 3.09. The Kier molecular flexibility index (Phi) is 14.9. The molecule has 0 radical (unpaired) electrons. The maximum atomic E-state index is 5.90. The van der Waals surface area contributed by atoms with Crippen molar-refractivity contribution in [3.63, 3.8) is 0 Å². The molecule has 8 heteroatoms. The molecule has 0 unspecified atom stereocenters. The number of halogens is 3. The molecule has 0 N–H and O–H groups in total. The van der Waals surface area contributed by atoms with Crippen LogP contribution < -0.4 is 72.2 Å². The Morgan fingerprint density at radius 3 is 1.07 bits per heavy atom. The van der Waals surface area contributed by atoms with Gasteiger partial charge in [-0.2, -0.15) is 27.4 Å². The topological polar surface area (TPSA) is 27.7 Å². The zero-order valence-electron chi connectivity index (χ0n) is 25.6. The number of methoxy groups -OCH3 is 3. The normalized spacial score (nSPS) is 10.4. The largest absolute Gasteiger partial charge is 4.00 e. The van der Waals surface area contributed by atoms with Gasteiger partial charge in [-0.05, 0) is 71.2 Å². The van der Waals surface area contributed by atoms with Gasteiger partial charge < -0.3 is 51.4 Å². The maximum absolute atomic E-state index is 5.90. The number of rotatable bonds is 7. The van der Waals surface area contributed by atoms with Crippen LogP contribution in [-0.2, 0) is 21.7 Å². The predicted octanol–water partition coefficient (Wildman–Crippen LogP) is -4.02. The van der Waals surface area contributed by atoms with E-state index in [2.05, 4.69) is 103 Å². The van der Waals surface area contributed by atoms with Crippen LogP contribution in [0.15, 0.2) is 54.6 Å². The number of hydrogen-bond acceptors (Lipinski definition) is 3. The molecular formula is C33H39Cl3O3SiTi. The van der Waals surface area contributed by atoms with Crippen LogP contribution in [0, 0.1) is 48.5 Å². The molecule has 0 atom stereocenters. The van der Waals surface area contributed by atoms with E-state index >= 15 is 0 Å². The molecule has 218 valence electrons. The molecule has 0 aromatic heterocycles. The van der Waals surface area contributed by atoms with Crippen molar-refractivity contribution in [2.45, 2.75) is 48.5 Å². The quantitative estimate of drug-likeness (QED) is 0.115. The van der Waals surface area contributed by atoms with Crippen molar-refractivity contribution in [2.75, 3.05) is 21.3 Å². The Morgan fingerprint density at radius 2 is 0.829 bits per heavy atom. The second kappa shape index (κ2) is 15.6. The van der Waals surface area contributed by atoms with Gasteiger partial charge in [0.15, 0.2) is 8.07 Å². The molecule has 0 bridgehead atoms. The summed E-state index contributed by atoms with van der Waals surface area (Å²) in [5.41, 5.74) is 9.00. The van der Waals surface area contributed by atoms with Crippen molar-refractivity contribution in [3.05, 3.63) is 93.5 Å². The zero-order valence-corrected chi connectivity index (χ0v) is 30.4. The monoisotopic (exact) mass is 664 g/mol. The van der Waals surface area contributed by atoms with Crippen LogP contribution in [0.5, 0.6) is 17.2 Å². The van der Waals surface area contributed by atoms with E-state index in [0.717, 1.165) is 17.2 Å². The second-order valence-electron chi connectivity index (χ2n) is 10.0. The van der Waals surface area contributed by atoms with Gasteiger partial charge in [0, 0.05) is 0 Å². The Bertz CT molecular complexity index is 1330. The number of benzene rings is 3. The minimum Gasteiger partial charge on any atom is -1.00 e. The summed E-state index contributed by atoms with van der Waals surface area (Å²) in [6.07, 6.45) is 0. The first-order valence-corrected chi connectivity index (χ1v) is 14.8. The first kappa shape index (κ1) is 39.2. The van der Waals surface area contributed by atoms with E-state index in [1.54, 1.807) is 21.3 Å². The standard InChI is InChI=1S/C33H39O3Si.3ClH.Ti/c1-20-21(2)23(4)33(22(20)3)37(30-17-11-14-27(34-8)24(30)5,31-18-12-15-28(35-9)25(31)6)32-19-13-16-29(36-10)26(32)7;;;;/h11-19H,1-10H3;3*1H;/q-1;;;;+4/p-3. The molecule has 0 aliphatic heterocycles. The van der Waals surface area contributed by atoms with Crippen LogP contribution in [-0.4, -0.2) is 29.4 Å². The third-order valence-electron chi connectivity index (χ3n) is 8.54. The van der Waals surface area contributed by atoms with Gasteiger partial charge in [0.2, 0.25) is 0 Å². The van der Waals surface area contributed by atoms with Crippen molar-refractivity contribution < 1.29 is 73.1 Å². The summed E-state index contributed by atoms with van der Waals surface area (Å²) in [4.78, 5) is 0. The molecule has 4 aromatic carbocycles. The Balaban J connectivity index is 0.00000400. The van der Waals surface area contributed by atoms with Gasteiger partial charge in [-0.15, -0.1) is 0 Å². The minimum absolute atomic E-state index is 0. The van der Waals surface area contributed by atoms with Gasteiger partial charge in [0.25, 0.3) is 0 Å². The number of ether oxygens (including phenoxy) is 3. The molecule has 4 rings (SSSR count). The predicted molar refractivity (Wildman–Crippen MR) is 158 cm³/mol. The summed E-state index contributed by atoms with van der Waals surface area (Å²) in [5, 5.41) is 5.44. The first-order valence-electron chi connectivity index (χ1n) is 12.8. The Hall–Kier alpha value is -1.79. The van der Waals surface area contributed by atoms with E-state index in [9.17, 15) is 0 Å². The molecule has 0 spiro atoms. The third-order valence-corrected chi connectivity index (χ3v) is 14.1. The van der Waals surface area contributed by atoms with Gasteiger partial charge in [0.1, 0.15) is 17.2 Å². The molecule has 4 aromatic rings. The van der Waals surface area contributed by atoms with E-state index in [-0.39, 0.29) is 58.9 Å². The first-order chi connectivity index (χ1) is 17.7. The van der Waals surface area contributed by atoms with E-state index < -0.39 is 8.07 Å². The van der Waals surface area contributed by atoms with Crippen LogP contribution in [0.4, 0.5) is 0 Å². The molecule has 3 nitrogen and oxygen atoms in total. The van der Waals surface area contributed by atoms with Crippen molar-refractivity contribution in [2.24, 2.45) is 0 Å². The summed E-state index contributed by atoms with van der Waals surface area (Å²) in [5.74, 6) is 2.72. The zero-order chi connectivity index (χ0) is 27.1. The van der Waals surface area contributed by atoms with Crippen LogP contribution in [0.2, 0.25) is 0 Å². The van der Waals surface area contributed by atoms with Gasteiger partial charge >= 0.3 is 21.7 Å². The molecule has 0 aliphatic carbocycles. The van der Waals surface area contributed by atoms with Gasteiger partial charge in [-0.1, -0.05) is 64.1 Å². The van der Waals surface area contributed by atoms with Crippen molar-refractivity contribution in [3.8, 4) is 17.2 Å². The van der Waals surface area contributed by atoms with Crippen LogP contribution in [0.1, 0.15) is 38.9 Å². The third kappa shape index (κ3) is 6.16. The SMILES string of the molecule is COc1cccc([Si](c2cccc(OC)c2C)(c2cccc(OC)c2C)c2c(C)c(C)c(C)[c-]2C)c1C.[Cl-].[Cl-].[Cl-].[Ti+4]. The summed E-state index contributed by atoms with van der Waals surface area (Å²) in [6.45, 7) is 15.7. The molecule has 0 heterocycles. The molecular weight excluding hydrogens is 627 g/mol.